The lowest BCUT2D eigenvalue weighted by Crippen LogP contribution is -2.46. The van der Waals surface area contributed by atoms with Gasteiger partial charge in [-0.1, -0.05) is 36.4 Å². The van der Waals surface area contributed by atoms with Gasteiger partial charge in [-0.25, -0.2) is 4.79 Å². The summed E-state index contributed by atoms with van der Waals surface area (Å²) in [6.07, 6.45) is 3.90. The predicted octanol–water partition coefficient (Wildman–Crippen LogP) is 4.63. The highest BCUT2D eigenvalue weighted by molar-refractivity contribution is 7.80. The number of aliphatic imine (C=N–C) groups is 1. The second kappa shape index (κ2) is 14.1. The van der Waals surface area contributed by atoms with Crippen molar-refractivity contribution in [3.05, 3.63) is 64.4 Å². The first-order valence-corrected chi connectivity index (χ1v) is 15.7. The van der Waals surface area contributed by atoms with Crippen molar-refractivity contribution in [1.29, 1.82) is 0 Å². The quantitative estimate of drug-likeness (QED) is 0.189. The highest BCUT2D eigenvalue weighted by Crippen LogP contribution is 2.32. The van der Waals surface area contributed by atoms with Gasteiger partial charge in [0.15, 0.2) is 5.96 Å². The molecule has 2 unspecified atom stereocenters. The summed E-state index contributed by atoms with van der Waals surface area (Å²) in [5.41, 5.74) is -0.354. The van der Waals surface area contributed by atoms with Crippen LogP contribution in [0.5, 0.6) is 0 Å². The molecule has 1 amide bonds. The third kappa shape index (κ3) is 8.85. The van der Waals surface area contributed by atoms with Gasteiger partial charge in [-0.05, 0) is 70.0 Å². The zero-order chi connectivity index (χ0) is 29.4. The molecule has 1 aliphatic rings. The van der Waals surface area contributed by atoms with Crippen molar-refractivity contribution in [2.75, 3.05) is 17.4 Å². The predicted molar refractivity (Wildman–Crippen MR) is 164 cm³/mol. The summed E-state index contributed by atoms with van der Waals surface area (Å²) in [5.74, 6) is -0.0998. The zero-order valence-corrected chi connectivity index (χ0v) is 25.3. The van der Waals surface area contributed by atoms with E-state index in [2.05, 4.69) is 15.6 Å². The second-order valence-corrected chi connectivity index (χ2v) is 13.0. The number of hydrogen-bond donors (Lipinski definition) is 2. The maximum atomic E-state index is 13.5. The molecule has 2 N–H and O–H groups in total. The molecule has 0 saturated heterocycles. The van der Waals surface area contributed by atoms with Crippen LogP contribution in [0.15, 0.2) is 59.6 Å². The Balaban J connectivity index is 1.45. The largest absolute Gasteiger partial charge is 0.755 e. The average Bonchev–Trinajstić information content (AvgIpc) is 3.37. The molecule has 1 aliphatic heterocycles. The maximum Gasteiger partial charge on any atom is 0.330 e. The maximum absolute atomic E-state index is 13.5. The van der Waals surface area contributed by atoms with Crippen molar-refractivity contribution in [2.24, 2.45) is 4.99 Å². The van der Waals surface area contributed by atoms with E-state index in [-0.39, 0.29) is 12.3 Å². The van der Waals surface area contributed by atoms with Crippen molar-refractivity contribution < 1.29 is 23.1 Å². The van der Waals surface area contributed by atoms with E-state index < -0.39 is 28.9 Å². The molecular weight excluding hydrogens is 560 g/mol. The molecule has 4 rings (SSSR count). The highest BCUT2D eigenvalue weighted by Gasteiger charge is 2.33. The van der Waals surface area contributed by atoms with E-state index in [1.165, 1.54) is 0 Å². The molecule has 0 fully saturated rings. The molecule has 0 spiro atoms. The summed E-state index contributed by atoms with van der Waals surface area (Å²) < 4.78 is 32.2. The number of fused-ring (bicyclic) bond motifs is 1. The number of thiophene rings is 1. The number of amides is 1. The first-order chi connectivity index (χ1) is 19.6. The normalized spacial score (nSPS) is 15.0. The average molecular weight is 598 g/mol. The molecule has 1 aromatic heterocycles. The van der Waals surface area contributed by atoms with Gasteiger partial charge < -0.3 is 14.6 Å². The lowest BCUT2D eigenvalue weighted by atomic mass is 10.1. The van der Waals surface area contributed by atoms with Gasteiger partial charge in [0.2, 0.25) is 5.91 Å². The molecular formula is C30H37N4O5S2-. The summed E-state index contributed by atoms with van der Waals surface area (Å²) in [4.78, 5) is 31.9. The Kier molecular flexibility index (Phi) is 10.5. The van der Waals surface area contributed by atoms with E-state index in [1.54, 1.807) is 44.2 Å². The number of ether oxygens (including phenoxy) is 1. The Labute approximate surface area is 247 Å². The van der Waals surface area contributed by atoms with Gasteiger partial charge in [-0.15, -0.1) is 11.3 Å². The lowest BCUT2D eigenvalue weighted by Gasteiger charge is -2.35. The van der Waals surface area contributed by atoms with Crippen LogP contribution in [0.3, 0.4) is 0 Å². The number of benzene rings is 2. The number of nitrogens with zero attached hydrogens (tertiary/aromatic N) is 2. The summed E-state index contributed by atoms with van der Waals surface area (Å²) in [6.45, 7) is 6.84. The van der Waals surface area contributed by atoms with Gasteiger partial charge in [0.05, 0.1) is 5.69 Å². The smallest absolute Gasteiger partial charge is 0.330 e. The SMILES string of the molecule is CC(C)(C)OC(=O)C(Cc1ccc(CCCCC(=O)NC2=NCCCN2)s1)N(c1cccc2ccccc12)S(=O)[O-]. The topological polar surface area (TPSA) is 123 Å². The van der Waals surface area contributed by atoms with E-state index in [0.29, 0.717) is 18.1 Å². The van der Waals surface area contributed by atoms with E-state index in [4.69, 9.17) is 4.74 Å². The third-order valence-electron chi connectivity index (χ3n) is 6.47. The number of aryl methyl sites for hydroxylation is 1. The van der Waals surface area contributed by atoms with Crippen LogP contribution in [-0.2, 0) is 38.4 Å². The third-order valence-corrected chi connectivity index (χ3v) is 8.41. The minimum absolute atomic E-state index is 0.0515. The van der Waals surface area contributed by atoms with Crippen LogP contribution in [0.2, 0.25) is 0 Å². The minimum Gasteiger partial charge on any atom is -0.755 e. The van der Waals surface area contributed by atoms with Gasteiger partial charge >= 0.3 is 5.97 Å². The van der Waals surface area contributed by atoms with E-state index in [1.807, 2.05) is 42.5 Å². The van der Waals surface area contributed by atoms with Crippen LogP contribution in [-0.4, -0.2) is 51.3 Å². The van der Waals surface area contributed by atoms with Crippen LogP contribution < -0.4 is 14.9 Å². The van der Waals surface area contributed by atoms with Gasteiger partial charge in [0.1, 0.15) is 11.6 Å². The molecule has 0 saturated carbocycles. The van der Waals surface area contributed by atoms with Crippen molar-refractivity contribution in [2.45, 2.75) is 70.9 Å². The second-order valence-electron chi connectivity index (χ2n) is 10.9. The number of unbranched alkanes of at least 4 members (excludes halogenated alkanes) is 1. The Morgan fingerprint density at radius 2 is 1.88 bits per heavy atom. The fourth-order valence-electron chi connectivity index (χ4n) is 4.64. The first kappa shape index (κ1) is 30.7. The molecule has 11 heteroatoms. The van der Waals surface area contributed by atoms with Gasteiger partial charge in [-0.2, -0.15) is 0 Å². The number of carbonyl (C=O) groups excluding carboxylic acids is 2. The van der Waals surface area contributed by atoms with Crippen LogP contribution in [0, 0.1) is 0 Å². The van der Waals surface area contributed by atoms with Crippen molar-refractivity contribution >= 4 is 56.9 Å². The first-order valence-electron chi connectivity index (χ1n) is 13.9. The van der Waals surface area contributed by atoms with Gasteiger partial charge in [-0.3, -0.25) is 23.6 Å². The van der Waals surface area contributed by atoms with E-state index in [0.717, 1.165) is 63.6 Å². The standard InChI is InChI=1S/C30H38N4O5S2/c1-30(2,3)39-28(36)26(34(41(37)38)25-14-8-11-21-10-4-6-13-24(21)25)20-23-17-16-22(40-23)12-5-7-15-27(35)33-29-31-18-9-19-32-29/h4,6,8,10-11,13-14,16-17,26H,5,7,9,12,15,18-20H2,1-3H3,(H,37,38)(H2,31,32,33,35)/p-1. The number of hydrogen-bond acceptors (Lipinski definition) is 8. The number of nitrogens with one attached hydrogen (secondary N) is 2. The van der Waals surface area contributed by atoms with E-state index >= 15 is 0 Å². The Morgan fingerprint density at radius 3 is 2.61 bits per heavy atom. The molecule has 2 atom stereocenters. The zero-order valence-electron chi connectivity index (χ0n) is 23.7. The van der Waals surface area contributed by atoms with Crippen LogP contribution in [0.25, 0.3) is 10.8 Å². The summed E-state index contributed by atoms with van der Waals surface area (Å²) in [6, 6.07) is 15.7. The monoisotopic (exact) mass is 597 g/mol. The summed E-state index contributed by atoms with van der Waals surface area (Å²) in [5, 5.41) is 7.51. The molecule has 41 heavy (non-hydrogen) atoms. The van der Waals surface area contributed by atoms with Crippen LogP contribution >= 0.6 is 11.3 Å². The molecule has 2 heterocycles. The molecule has 3 aromatic rings. The lowest BCUT2D eigenvalue weighted by molar-refractivity contribution is -0.156. The Bertz CT molecular complexity index is 1410. The highest BCUT2D eigenvalue weighted by atomic mass is 32.2. The molecule has 2 aromatic carbocycles. The number of guanidine groups is 1. The van der Waals surface area contributed by atoms with Crippen molar-refractivity contribution in [3.8, 4) is 0 Å². The van der Waals surface area contributed by atoms with Crippen molar-refractivity contribution in [1.82, 2.24) is 10.6 Å². The Hall–Kier alpha value is -3.28. The number of rotatable bonds is 11. The van der Waals surface area contributed by atoms with Crippen LogP contribution in [0.4, 0.5) is 5.69 Å². The minimum atomic E-state index is -2.73. The Morgan fingerprint density at radius 1 is 1.12 bits per heavy atom. The molecule has 0 bridgehead atoms. The number of esters is 1. The summed E-state index contributed by atoms with van der Waals surface area (Å²) >= 11 is -1.19. The molecule has 9 nitrogen and oxygen atoms in total. The molecule has 220 valence electrons. The molecule has 0 aliphatic carbocycles. The van der Waals surface area contributed by atoms with Gasteiger partial charge in [0, 0.05) is 52.3 Å². The number of carbonyl (C=O) groups is 2. The van der Waals surface area contributed by atoms with Crippen LogP contribution in [0.1, 0.15) is 56.2 Å². The van der Waals surface area contributed by atoms with Crippen molar-refractivity contribution in [3.63, 3.8) is 0 Å². The number of anilines is 1. The molecule has 0 radical (unpaired) electrons. The fourth-order valence-corrected chi connectivity index (χ4v) is 6.42. The van der Waals surface area contributed by atoms with Gasteiger partial charge in [0.25, 0.3) is 0 Å². The summed E-state index contributed by atoms with van der Waals surface area (Å²) in [7, 11) is 0. The fraction of sp³-hybridized carbons (Fsp3) is 0.433. The van der Waals surface area contributed by atoms with E-state index in [9.17, 15) is 18.4 Å².